The monoisotopic (exact) mass is 293 g/mol. The summed E-state index contributed by atoms with van der Waals surface area (Å²) in [5.41, 5.74) is 2.36. The summed E-state index contributed by atoms with van der Waals surface area (Å²) in [6, 6.07) is 2.70. The Hall–Kier alpha value is -0.910. The maximum absolute atomic E-state index is 5.97. The molecule has 1 aromatic rings. The van der Waals surface area contributed by atoms with Gasteiger partial charge in [0.25, 0.3) is 0 Å². The first-order chi connectivity index (χ1) is 10.2. The van der Waals surface area contributed by atoms with Crippen molar-refractivity contribution in [2.75, 3.05) is 26.4 Å². The van der Waals surface area contributed by atoms with Gasteiger partial charge in [-0.1, -0.05) is 0 Å². The van der Waals surface area contributed by atoms with Crippen LogP contribution in [0.1, 0.15) is 37.1 Å². The van der Waals surface area contributed by atoms with Crippen molar-refractivity contribution in [1.82, 2.24) is 15.1 Å². The number of rotatable bonds is 5. The Balaban J connectivity index is 1.40. The molecule has 2 saturated heterocycles. The van der Waals surface area contributed by atoms with Gasteiger partial charge in [-0.15, -0.1) is 0 Å². The zero-order chi connectivity index (χ0) is 14.7. The molecule has 5 nitrogen and oxygen atoms in total. The summed E-state index contributed by atoms with van der Waals surface area (Å²) in [6.07, 6.45) is 4.37. The summed E-state index contributed by atoms with van der Waals surface area (Å²) < 4.78 is 13.6. The first-order valence-corrected chi connectivity index (χ1v) is 8.13. The third-order valence-corrected chi connectivity index (χ3v) is 4.64. The number of aromatic nitrogens is 2. The molecular weight excluding hydrogens is 266 g/mol. The molecule has 5 heteroatoms. The summed E-state index contributed by atoms with van der Waals surface area (Å²) in [7, 11) is 0. The number of nitrogens with one attached hydrogen (secondary N) is 1. The number of nitrogens with zero attached hydrogens (tertiary/aromatic N) is 2. The van der Waals surface area contributed by atoms with Crippen molar-refractivity contribution in [3.05, 3.63) is 17.5 Å². The van der Waals surface area contributed by atoms with Crippen LogP contribution in [0, 0.1) is 13.8 Å². The van der Waals surface area contributed by atoms with Crippen LogP contribution >= 0.6 is 0 Å². The largest absolute Gasteiger partial charge is 0.378 e. The van der Waals surface area contributed by atoms with Crippen molar-refractivity contribution >= 4 is 0 Å². The van der Waals surface area contributed by atoms with E-state index in [-0.39, 0.29) is 5.60 Å². The summed E-state index contributed by atoms with van der Waals surface area (Å²) in [5, 5.41) is 8.20. The van der Waals surface area contributed by atoms with Gasteiger partial charge in [-0.25, -0.2) is 0 Å². The van der Waals surface area contributed by atoms with Crippen LogP contribution in [-0.4, -0.2) is 47.8 Å². The molecular formula is C16H27N3O2. The van der Waals surface area contributed by atoms with E-state index in [4.69, 9.17) is 9.47 Å². The maximum atomic E-state index is 5.97. The third-order valence-electron chi connectivity index (χ3n) is 4.64. The molecule has 2 aliphatic heterocycles. The SMILES string of the molecule is Cc1cc(C)n(CCCNC2CCOC3(CCOC3)C2)n1. The van der Waals surface area contributed by atoms with Gasteiger partial charge in [0.15, 0.2) is 0 Å². The summed E-state index contributed by atoms with van der Waals surface area (Å²) in [6.45, 7) is 8.69. The van der Waals surface area contributed by atoms with Gasteiger partial charge in [-0.3, -0.25) is 4.68 Å². The highest BCUT2D eigenvalue weighted by atomic mass is 16.6. The minimum Gasteiger partial charge on any atom is -0.378 e. The van der Waals surface area contributed by atoms with E-state index in [9.17, 15) is 0 Å². The van der Waals surface area contributed by atoms with E-state index in [0.29, 0.717) is 6.04 Å². The summed E-state index contributed by atoms with van der Waals surface area (Å²) in [4.78, 5) is 0. The minimum absolute atomic E-state index is 0.00556. The van der Waals surface area contributed by atoms with E-state index in [0.717, 1.165) is 64.3 Å². The lowest BCUT2D eigenvalue weighted by Crippen LogP contribution is -2.47. The molecule has 21 heavy (non-hydrogen) atoms. The predicted octanol–water partition coefficient (Wildman–Crippen LogP) is 1.82. The van der Waals surface area contributed by atoms with Gasteiger partial charge in [0.1, 0.15) is 0 Å². The summed E-state index contributed by atoms with van der Waals surface area (Å²) in [5.74, 6) is 0. The maximum Gasteiger partial charge on any atom is 0.0951 e. The molecule has 0 saturated carbocycles. The summed E-state index contributed by atoms with van der Waals surface area (Å²) >= 11 is 0. The van der Waals surface area contributed by atoms with Crippen LogP contribution in [0.2, 0.25) is 0 Å². The van der Waals surface area contributed by atoms with Crippen molar-refractivity contribution in [2.24, 2.45) is 0 Å². The highest BCUT2D eigenvalue weighted by Crippen LogP contribution is 2.32. The van der Waals surface area contributed by atoms with Gasteiger partial charge in [0, 0.05) is 37.9 Å². The average Bonchev–Trinajstić information content (AvgIpc) is 3.02. The number of hydrogen-bond acceptors (Lipinski definition) is 4. The predicted molar refractivity (Wildman–Crippen MR) is 81.5 cm³/mol. The van der Waals surface area contributed by atoms with Crippen molar-refractivity contribution < 1.29 is 9.47 Å². The van der Waals surface area contributed by atoms with Crippen molar-refractivity contribution in [3.63, 3.8) is 0 Å². The molecule has 2 atom stereocenters. The lowest BCUT2D eigenvalue weighted by Gasteiger charge is -2.37. The number of aryl methyl sites for hydroxylation is 3. The van der Waals surface area contributed by atoms with Crippen LogP contribution in [-0.2, 0) is 16.0 Å². The fourth-order valence-corrected chi connectivity index (χ4v) is 3.50. The second kappa shape index (κ2) is 6.46. The van der Waals surface area contributed by atoms with Crippen molar-refractivity contribution in [1.29, 1.82) is 0 Å². The Morgan fingerprint density at radius 1 is 1.43 bits per heavy atom. The highest BCUT2D eigenvalue weighted by Gasteiger charge is 2.40. The topological polar surface area (TPSA) is 48.3 Å². The van der Waals surface area contributed by atoms with Crippen LogP contribution in [0.5, 0.6) is 0 Å². The molecule has 118 valence electrons. The standard InChI is InChI=1S/C16H27N3O2/c1-13-10-14(2)19(18-13)7-3-6-17-15-4-8-21-16(11-15)5-9-20-12-16/h10,15,17H,3-9,11-12H2,1-2H3. The number of hydrogen-bond donors (Lipinski definition) is 1. The van der Waals surface area contributed by atoms with Crippen LogP contribution < -0.4 is 5.32 Å². The van der Waals surface area contributed by atoms with E-state index in [1.54, 1.807) is 0 Å². The second-order valence-corrected chi connectivity index (χ2v) is 6.48. The van der Waals surface area contributed by atoms with Gasteiger partial charge in [0.05, 0.1) is 17.9 Å². The zero-order valence-corrected chi connectivity index (χ0v) is 13.2. The molecule has 3 heterocycles. The fraction of sp³-hybridized carbons (Fsp3) is 0.812. The molecule has 2 unspecified atom stereocenters. The normalized spacial score (nSPS) is 29.3. The fourth-order valence-electron chi connectivity index (χ4n) is 3.50. The lowest BCUT2D eigenvalue weighted by atomic mass is 9.89. The lowest BCUT2D eigenvalue weighted by molar-refractivity contribution is -0.0892. The zero-order valence-electron chi connectivity index (χ0n) is 13.2. The second-order valence-electron chi connectivity index (χ2n) is 6.48. The minimum atomic E-state index is 0.00556. The molecule has 1 aromatic heterocycles. The van der Waals surface area contributed by atoms with E-state index < -0.39 is 0 Å². The molecule has 3 rings (SSSR count). The molecule has 1 N–H and O–H groups in total. The molecule has 0 aromatic carbocycles. The Kier molecular flexibility index (Phi) is 4.62. The van der Waals surface area contributed by atoms with E-state index in [1.807, 2.05) is 6.92 Å². The van der Waals surface area contributed by atoms with E-state index in [1.165, 1.54) is 5.69 Å². The molecule has 2 aliphatic rings. The molecule has 0 aliphatic carbocycles. The van der Waals surface area contributed by atoms with Crippen LogP contribution in [0.15, 0.2) is 6.07 Å². The Bertz CT molecular complexity index is 466. The van der Waals surface area contributed by atoms with Crippen LogP contribution in [0.3, 0.4) is 0 Å². The third kappa shape index (κ3) is 3.65. The van der Waals surface area contributed by atoms with E-state index in [2.05, 4.69) is 28.1 Å². The van der Waals surface area contributed by atoms with Gasteiger partial charge < -0.3 is 14.8 Å². The van der Waals surface area contributed by atoms with Gasteiger partial charge >= 0.3 is 0 Å². The molecule has 0 radical (unpaired) electrons. The average molecular weight is 293 g/mol. The first-order valence-electron chi connectivity index (χ1n) is 8.13. The highest BCUT2D eigenvalue weighted by molar-refractivity contribution is 5.06. The van der Waals surface area contributed by atoms with Gasteiger partial charge in [-0.05, 0) is 45.7 Å². The van der Waals surface area contributed by atoms with Gasteiger partial charge in [0.2, 0.25) is 0 Å². The van der Waals surface area contributed by atoms with E-state index >= 15 is 0 Å². The molecule has 1 spiro atoms. The number of ether oxygens (including phenoxy) is 2. The molecule has 0 bridgehead atoms. The quantitative estimate of drug-likeness (QED) is 0.841. The molecule has 2 fully saturated rings. The Labute approximate surface area is 127 Å². The van der Waals surface area contributed by atoms with Crippen molar-refractivity contribution in [2.45, 2.75) is 57.7 Å². The Morgan fingerprint density at radius 3 is 3.05 bits per heavy atom. The van der Waals surface area contributed by atoms with Crippen LogP contribution in [0.4, 0.5) is 0 Å². The smallest absolute Gasteiger partial charge is 0.0951 e. The Morgan fingerprint density at radius 2 is 2.33 bits per heavy atom. The first kappa shape index (κ1) is 15.0. The van der Waals surface area contributed by atoms with Crippen molar-refractivity contribution in [3.8, 4) is 0 Å². The van der Waals surface area contributed by atoms with Gasteiger partial charge in [-0.2, -0.15) is 5.10 Å². The molecule has 0 amide bonds. The van der Waals surface area contributed by atoms with Crippen LogP contribution in [0.25, 0.3) is 0 Å².